The van der Waals surface area contributed by atoms with Crippen LogP contribution < -0.4 is 10.6 Å². The molecule has 3 atom stereocenters. The van der Waals surface area contributed by atoms with Crippen molar-refractivity contribution in [2.24, 2.45) is 5.92 Å². The van der Waals surface area contributed by atoms with E-state index in [9.17, 15) is 4.79 Å². The molecule has 0 spiro atoms. The van der Waals surface area contributed by atoms with Crippen molar-refractivity contribution in [3.63, 3.8) is 0 Å². The van der Waals surface area contributed by atoms with Crippen LogP contribution in [0.1, 0.15) is 40.0 Å². The smallest absolute Gasteiger partial charge is 0.237 e. The van der Waals surface area contributed by atoms with Crippen molar-refractivity contribution >= 4 is 5.91 Å². The normalized spacial score (nSPS) is 26.4. The summed E-state index contributed by atoms with van der Waals surface area (Å²) in [7, 11) is 4.09. The molecule has 1 aliphatic rings. The maximum Gasteiger partial charge on any atom is 0.237 e. The fourth-order valence-corrected chi connectivity index (χ4v) is 2.44. The Bertz CT molecular complexity index is 266. The van der Waals surface area contributed by atoms with Crippen LogP contribution in [0, 0.1) is 5.92 Å². The molecule has 1 amide bonds. The van der Waals surface area contributed by atoms with Gasteiger partial charge in [-0.25, -0.2) is 0 Å². The van der Waals surface area contributed by atoms with Crippen LogP contribution in [0.25, 0.3) is 0 Å². The lowest BCUT2D eigenvalue weighted by atomic mass is 9.97. The van der Waals surface area contributed by atoms with Gasteiger partial charge in [-0.05, 0) is 46.2 Å². The number of carbonyl (C=O) groups is 1. The summed E-state index contributed by atoms with van der Waals surface area (Å²) in [6.07, 6.45) is 3.28. The predicted molar refractivity (Wildman–Crippen MR) is 75.6 cm³/mol. The number of nitrogens with one attached hydrogen (secondary N) is 2. The lowest BCUT2D eigenvalue weighted by molar-refractivity contribution is -0.125. The molecule has 0 saturated carbocycles. The summed E-state index contributed by atoms with van der Waals surface area (Å²) in [5, 5.41) is 6.58. The summed E-state index contributed by atoms with van der Waals surface area (Å²) in [6, 6.07) is 0.685. The number of piperidine rings is 1. The molecule has 18 heavy (non-hydrogen) atoms. The number of hydrogen-bond donors (Lipinski definition) is 2. The minimum absolute atomic E-state index is 0.00263. The molecule has 106 valence electrons. The average molecular weight is 255 g/mol. The molecule has 0 bridgehead atoms. The summed E-state index contributed by atoms with van der Waals surface area (Å²) in [5.41, 5.74) is 0. The molecule has 0 aromatic carbocycles. The molecule has 0 aliphatic carbocycles. The van der Waals surface area contributed by atoms with E-state index in [1.54, 1.807) is 0 Å². The van der Waals surface area contributed by atoms with E-state index in [1.165, 1.54) is 6.42 Å². The van der Waals surface area contributed by atoms with Gasteiger partial charge in [0.1, 0.15) is 0 Å². The molecule has 2 N–H and O–H groups in total. The molecule has 0 aromatic heterocycles. The Morgan fingerprint density at radius 3 is 2.56 bits per heavy atom. The van der Waals surface area contributed by atoms with Crippen LogP contribution in [-0.4, -0.2) is 49.6 Å². The Hall–Kier alpha value is -0.610. The zero-order valence-electron chi connectivity index (χ0n) is 12.5. The van der Waals surface area contributed by atoms with Gasteiger partial charge in [-0.2, -0.15) is 0 Å². The summed E-state index contributed by atoms with van der Waals surface area (Å²) >= 11 is 0. The first-order valence-electron chi connectivity index (χ1n) is 7.11. The molecule has 0 radical (unpaired) electrons. The Morgan fingerprint density at radius 1 is 1.39 bits per heavy atom. The van der Waals surface area contributed by atoms with E-state index in [0.29, 0.717) is 12.0 Å². The van der Waals surface area contributed by atoms with Gasteiger partial charge in [-0.1, -0.05) is 13.8 Å². The fourth-order valence-electron chi connectivity index (χ4n) is 2.44. The van der Waals surface area contributed by atoms with Crippen LogP contribution in [0.15, 0.2) is 0 Å². The van der Waals surface area contributed by atoms with Gasteiger partial charge in [0, 0.05) is 18.6 Å². The molecule has 1 rings (SSSR count). The van der Waals surface area contributed by atoms with Crippen molar-refractivity contribution < 1.29 is 4.79 Å². The first-order chi connectivity index (χ1) is 8.40. The van der Waals surface area contributed by atoms with Gasteiger partial charge in [-0.3, -0.25) is 4.79 Å². The number of carbonyl (C=O) groups excluding carboxylic acids is 1. The highest BCUT2D eigenvalue weighted by atomic mass is 16.2. The first-order valence-corrected chi connectivity index (χ1v) is 7.11. The Labute approximate surface area is 111 Å². The van der Waals surface area contributed by atoms with E-state index in [2.05, 4.69) is 36.3 Å². The molecular weight excluding hydrogens is 226 g/mol. The Morgan fingerprint density at radius 2 is 2.06 bits per heavy atom. The lowest BCUT2D eigenvalue weighted by Crippen LogP contribution is -2.54. The van der Waals surface area contributed by atoms with Gasteiger partial charge in [0.2, 0.25) is 5.91 Å². The lowest BCUT2D eigenvalue weighted by Gasteiger charge is -2.31. The van der Waals surface area contributed by atoms with Crippen molar-refractivity contribution in [2.75, 3.05) is 20.6 Å². The van der Waals surface area contributed by atoms with Gasteiger partial charge < -0.3 is 15.5 Å². The summed E-state index contributed by atoms with van der Waals surface area (Å²) < 4.78 is 0. The second-order valence-electron chi connectivity index (χ2n) is 6.17. The van der Waals surface area contributed by atoms with Gasteiger partial charge in [0.05, 0.1) is 6.04 Å². The van der Waals surface area contributed by atoms with Crippen molar-refractivity contribution in [3.8, 4) is 0 Å². The first kappa shape index (κ1) is 15.4. The summed E-state index contributed by atoms with van der Waals surface area (Å²) in [5.74, 6) is 0.625. The molecule has 1 heterocycles. The van der Waals surface area contributed by atoms with Crippen LogP contribution in [0.3, 0.4) is 0 Å². The molecule has 1 saturated heterocycles. The van der Waals surface area contributed by atoms with E-state index in [-0.39, 0.29) is 18.0 Å². The number of rotatable bonds is 5. The molecular formula is C14H29N3O. The molecule has 3 unspecified atom stereocenters. The van der Waals surface area contributed by atoms with Crippen LogP contribution >= 0.6 is 0 Å². The van der Waals surface area contributed by atoms with E-state index in [1.807, 2.05) is 14.1 Å². The average Bonchev–Trinajstić information content (AvgIpc) is 2.27. The van der Waals surface area contributed by atoms with E-state index in [4.69, 9.17) is 0 Å². The van der Waals surface area contributed by atoms with E-state index < -0.39 is 0 Å². The van der Waals surface area contributed by atoms with Crippen molar-refractivity contribution in [2.45, 2.75) is 58.2 Å². The third-order valence-corrected chi connectivity index (χ3v) is 3.63. The summed E-state index contributed by atoms with van der Waals surface area (Å²) in [4.78, 5) is 14.4. The van der Waals surface area contributed by atoms with Gasteiger partial charge in [-0.15, -0.1) is 0 Å². The summed E-state index contributed by atoms with van der Waals surface area (Å²) in [6.45, 7) is 7.36. The maximum absolute atomic E-state index is 12.2. The molecule has 1 fully saturated rings. The third-order valence-electron chi connectivity index (χ3n) is 3.63. The number of hydrogen-bond acceptors (Lipinski definition) is 3. The monoisotopic (exact) mass is 255 g/mol. The number of amides is 1. The van der Waals surface area contributed by atoms with Crippen molar-refractivity contribution in [3.05, 3.63) is 0 Å². The Kier molecular flexibility index (Phi) is 6.09. The SMILES string of the molecule is CC1CCCC(C(=O)NC(CN(C)C)C(C)C)N1. The minimum atomic E-state index is -0.00263. The largest absolute Gasteiger partial charge is 0.350 e. The standard InChI is InChI=1S/C14H29N3O/c1-10(2)13(9-17(4)5)16-14(18)12-8-6-7-11(3)15-12/h10-13,15H,6-9H2,1-5H3,(H,16,18). The Balaban J connectivity index is 2.49. The highest BCUT2D eigenvalue weighted by Crippen LogP contribution is 2.13. The number of nitrogens with zero attached hydrogens (tertiary/aromatic N) is 1. The molecule has 1 aliphatic heterocycles. The molecule has 4 nitrogen and oxygen atoms in total. The van der Waals surface area contributed by atoms with Crippen molar-refractivity contribution in [1.29, 1.82) is 0 Å². The topological polar surface area (TPSA) is 44.4 Å². The zero-order chi connectivity index (χ0) is 13.7. The quantitative estimate of drug-likeness (QED) is 0.776. The van der Waals surface area contributed by atoms with Crippen LogP contribution in [0.5, 0.6) is 0 Å². The number of likely N-dealkylation sites (N-methyl/N-ethyl adjacent to an activating group) is 1. The maximum atomic E-state index is 12.2. The fraction of sp³-hybridized carbons (Fsp3) is 0.929. The third kappa shape index (κ3) is 4.94. The van der Waals surface area contributed by atoms with Gasteiger partial charge in [0.15, 0.2) is 0 Å². The second kappa shape index (κ2) is 7.10. The van der Waals surface area contributed by atoms with E-state index >= 15 is 0 Å². The van der Waals surface area contributed by atoms with Gasteiger partial charge in [0.25, 0.3) is 0 Å². The predicted octanol–water partition coefficient (Wildman–Crippen LogP) is 1.22. The van der Waals surface area contributed by atoms with Crippen LogP contribution in [-0.2, 0) is 4.79 Å². The van der Waals surface area contributed by atoms with Crippen molar-refractivity contribution in [1.82, 2.24) is 15.5 Å². The van der Waals surface area contributed by atoms with E-state index in [0.717, 1.165) is 19.4 Å². The highest BCUT2D eigenvalue weighted by Gasteiger charge is 2.26. The van der Waals surface area contributed by atoms with Crippen LogP contribution in [0.4, 0.5) is 0 Å². The molecule has 4 heteroatoms. The van der Waals surface area contributed by atoms with Gasteiger partial charge >= 0.3 is 0 Å². The zero-order valence-corrected chi connectivity index (χ0v) is 12.5. The molecule has 0 aromatic rings. The minimum Gasteiger partial charge on any atom is -0.350 e. The highest BCUT2D eigenvalue weighted by molar-refractivity contribution is 5.82. The second-order valence-corrected chi connectivity index (χ2v) is 6.17. The van der Waals surface area contributed by atoms with Crippen LogP contribution in [0.2, 0.25) is 0 Å².